The Morgan fingerprint density at radius 2 is 1.86 bits per heavy atom. The van der Waals surface area contributed by atoms with Gasteiger partial charge in [-0.15, -0.1) is 24.0 Å². The molecule has 0 saturated heterocycles. The van der Waals surface area contributed by atoms with Gasteiger partial charge in [0.25, 0.3) is 0 Å². The number of hydrogen-bond donors (Lipinski definition) is 2. The van der Waals surface area contributed by atoms with Crippen molar-refractivity contribution in [2.45, 2.75) is 6.42 Å². The summed E-state index contributed by atoms with van der Waals surface area (Å²) in [5.41, 5.74) is 7.79. The van der Waals surface area contributed by atoms with Crippen LogP contribution in [0.5, 0.6) is 5.75 Å². The number of nitrogens with two attached hydrogens (primary N) is 1. The number of rotatable bonds is 5. The van der Waals surface area contributed by atoms with Crippen molar-refractivity contribution in [3.8, 4) is 5.75 Å². The molecule has 0 aliphatic rings. The van der Waals surface area contributed by atoms with Crippen LogP contribution in [0.25, 0.3) is 0 Å². The van der Waals surface area contributed by atoms with Gasteiger partial charge in [-0.3, -0.25) is 4.99 Å². The van der Waals surface area contributed by atoms with Gasteiger partial charge in [0.05, 0.1) is 7.11 Å². The Morgan fingerprint density at radius 1 is 1.18 bits per heavy atom. The highest BCUT2D eigenvalue weighted by atomic mass is 127. The number of halogens is 2. The number of nitrogens with one attached hydrogen (secondary N) is 1. The smallest absolute Gasteiger partial charge is 0.193 e. The van der Waals surface area contributed by atoms with Crippen molar-refractivity contribution in [1.82, 2.24) is 0 Å². The van der Waals surface area contributed by atoms with Crippen LogP contribution in [0.1, 0.15) is 5.56 Å². The number of aliphatic imine (C=N–C) groups is 1. The van der Waals surface area contributed by atoms with E-state index in [1.807, 2.05) is 48.5 Å². The minimum absolute atomic E-state index is 0. The van der Waals surface area contributed by atoms with Crippen LogP contribution >= 0.6 is 35.6 Å². The first kappa shape index (κ1) is 18.6. The lowest BCUT2D eigenvalue weighted by molar-refractivity contribution is 0.415. The number of nitrogens with zero attached hydrogens (tertiary/aromatic N) is 1. The highest BCUT2D eigenvalue weighted by Gasteiger charge is 1.99. The van der Waals surface area contributed by atoms with Gasteiger partial charge in [0, 0.05) is 17.3 Å². The lowest BCUT2D eigenvalue weighted by Gasteiger charge is -2.07. The van der Waals surface area contributed by atoms with Gasteiger partial charge in [-0.1, -0.05) is 29.8 Å². The number of hydrogen-bond acceptors (Lipinski definition) is 2. The second kappa shape index (κ2) is 9.53. The molecular formula is C16H19ClIN3O. The van der Waals surface area contributed by atoms with E-state index in [1.165, 1.54) is 0 Å². The summed E-state index contributed by atoms with van der Waals surface area (Å²) in [7, 11) is 1.63. The zero-order valence-corrected chi connectivity index (χ0v) is 15.3. The molecule has 2 aromatic carbocycles. The van der Waals surface area contributed by atoms with E-state index in [1.54, 1.807) is 7.11 Å². The third kappa shape index (κ3) is 5.73. The largest absolute Gasteiger partial charge is 0.497 e. The van der Waals surface area contributed by atoms with Crippen LogP contribution in [-0.2, 0) is 6.42 Å². The zero-order valence-electron chi connectivity index (χ0n) is 12.3. The maximum atomic E-state index is 6.09. The highest BCUT2D eigenvalue weighted by molar-refractivity contribution is 14.0. The van der Waals surface area contributed by atoms with Crippen molar-refractivity contribution in [1.29, 1.82) is 0 Å². The summed E-state index contributed by atoms with van der Waals surface area (Å²) in [4.78, 5) is 4.29. The van der Waals surface area contributed by atoms with Crippen molar-refractivity contribution in [3.05, 3.63) is 59.1 Å². The van der Waals surface area contributed by atoms with Gasteiger partial charge < -0.3 is 15.8 Å². The van der Waals surface area contributed by atoms with Crippen LogP contribution in [-0.4, -0.2) is 19.6 Å². The number of methoxy groups -OCH3 is 1. The second-order valence-electron chi connectivity index (χ2n) is 4.46. The number of benzene rings is 2. The predicted molar refractivity (Wildman–Crippen MR) is 104 cm³/mol. The van der Waals surface area contributed by atoms with Gasteiger partial charge >= 0.3 is 0 Å². The van der Waals surface area contributed by atoms with Crippen LogP contribution in [0.2, 0.25) is 5.02 Å². The maximum Gasteiger partial charge on any atom is 0.193 e. The molecule has 4 nitrogen and oxygen atoms in total. The van der Waals surface area contributed by atoms with Crippen LogP contribution in [0.3, 0.4) is 0 Å². The van der Waals surface area contributed by atoms with Crippen molar-refractivity contribution < 1.29 is 4.74 Å². The molecule has 118 valence electrons. The number of guanidine groups is 1. The average molecular weight is 432 g/mol. The highest BCUT2D eigenvalue weighted by Crippen LogP contribution is 2.16. The van der Waals surface area contributed by atoms with Crippen LogP contribution in [0, 0.1) is 0 Å². The van der Waals surface area contributed by atoms with Crippen molar-refractivity contribution in [2.75, 3.05) is 19.0 Å². The van der Waals surface area contributed by atoms with E-state index in [2.05, 4.69) is 10.3 Å². The summed E-state index contributed by atoms with van der Waals surface area (Å²) in [5.74, 6) is 1.18. The molecule has 0 fully saturated rings. The molecule has 0 amide bonds. The molecule has 0 spiro atoms. The van der Waals surface area contributed by atoms with Gasteiger partial charge in [0.1, 0.15) is 5.75 Å². The van der Waals surface area contributed by atoms with E-state index in [-0.39, 0.29) is 24.0 Å². The summed E-state index contributed by atoms with van der Waals surface area (Å²) in [6.45, 7) is 0.582. The Balaban J connectivity index is 0.00000242. The van der Waals surface area contributed by atoms with Gasteiger partial charge in [-0.2, -0.15) is 0 Å². The van der Waals surface area contributed by atoms with E-state index in [9.17, 15) is 0 Å². The van der Waals surface area contributed by atoms with E-state index in [4.69, 9.17) is 22.1 Å². The van der Waals surface area contributed by atoms with Crippen LogP contribution < -0.4 is 15.8 Å². The van der Waals surface area contributed by atoms with E-state index in [0.29, 0.717) is 12.5 Å². The molecule has 0 heterocycles. The molecule has 0 atom stereocenters. The first-order valence-electron chi connectivity index (χ1n) is 6.63. The second-order valence-corrected chi connectivity index (χ2v) is 4.87. The predicted octanol–water partition coefficient (Wildman–Crippen LogP) is 3.94. The van der Waals surface area contributed by atoms with E-state index >= 15 is 0 Å². The molecular weight excluding hydrogens is 413 g/mol. The first-order valence-corrected chi connectivity index (χ1v) is 7.01. The Labute approximate surface area is 152 Å². The standard InChI is InChI=1S/C16H18ClN3O.HI/c1-21-14-8-6-13(7-9-14)20-16(18)19-11-10-12-4-2-3-5-15(12)17;/h2-9H,10-11H2,1H3,(H3,18,19,20);1H. The van der Waals surface area contributed by atoms with E-state index in [0.717, 1.165) is 28.4 Å². The Morgan fingerprint density at radius 3 is 2.50 bits per heavy atom. The lowest BCUT2D eigenvalue weighted by atomic mass is 10.1. The summed E-state index contributed by atoms with van der Waals surface area (Å²) >= 11 is 6.09. The molecule has 0 bridgehead atoms. The van der Waals surface area contributed by atoms with Gasteiger partial charge in [-0.25, -0.2) is 0 Å². The maximum absolute atomic E-state index is 6.09. The molecule has 0 radical (unpaired) electrons. The first-order chi connectivity index (χ1) is 10.2. The average Bonchev–Trinajstić information content (AvgIpc) is 2.50. The van der Waals surface area contributed by atoms with Gasteiger partial charge in [-0.05, 0) is 42.3 Å². The third-order valence-electron chi connectivity index (χ3n) is 2.98. The fraction of sp³-hybridized carbons (Fsp3) is 0.188. The SMILES string of the molecule is COc1ccc(NC(N)=NCCc2ccccc2Cl)cc1.I. The number of anilines is 1. The quantitative estimate of drug-likeness (QED) is 0.428. The molecule has 0 saturated carbocycles. The monoisotopic (exact) mass is 431 g/mol. The Kier molecular flexibility index (Phi) is 8.05. The van der Waals surface area contributed by atoms with Crippen molar-refractivity contribution in [3.63, 3.8) is 0 Å². The minimum atomic E-state index is 0. The van der Waals surface area contributed by atoms with Gasteiger partial charge in [0.2, 0.25) is 0 Å². The molecule has 3 N–H and O–H groups in total. The Bertz CT molecular complexity index is 617. The summed E-state index contributed by atoms with van der Waals surface area (Å²) in [5, 5.41) is 3.79. The fourth-order valence-corrected chi connectivity index (χ4v) is 2.09. The molecule has 22 heavy (non-hydrogen) atoms. The van der Waals surface area contributed by atoms with Crippen LogP contribution in [0.4, 0.5) is 5.69 Å². The molecule has 2 rings (SSSR count). The lowest BCUT2D eigenvalue weighted by Crippen LogP contribution is -2.23. The topological polar surface area (TPSA) is 59.6 Å². The summed E-state index contributed by atoms with van der Waals surface area (Å²) in [6.07, 6.45) is 0.755. The molecule has 0 aliphatic carbocycles. The molecule has 0 unspecified atom stereocenters. The van der Waals surface area contributed by atoms with Crippen LogP contribution in [0.15, 0.2) is 53.5 Å². The molecule has 0 aliphatic heterocycles. The number of ether oxygens (including phenoxy) is 1. The summed E-state index contributed by atoms with van der Waals surface area (Å²) < 4.78 is 5.10. The molecule has 6 heteroatoms. The minimum Gasteiger partial charge on any atom is -0.497 e. The Hall–Kier alpha value is -1.47. The normalized spacial score (nSPS) is 10.7. The third-order valence-corrected chi connectivity index (χ3v) is 3.35. The summed E-state index contributed by atoms with van der Waals surface area (Å²) in [6, 6.07) is 15.2. The zero-order chi connectivity index (χ0) is 15.1. The molecule has 0 aromatic heterocycles. The van der Waals surface area contributed by atoms with Crippen molar-refractivity contribution in [2.24, 2.45) is 10.7 Å². The molecule has 2 aromatic rings. The van der Waals surface area contributed by atoms with E-state index < -0.39 is 0 Å². The fourth-order valence-electron chi connectivity index (χ4n) is 1.86. The van der Waals surface area contributed by atoms with Crippen molar-refractivity contribution >= 4 is 47.2 Å². The van der Waals surface area contributed by atoms with Gasteiger partial charge in [0.15, 0.2) is 5.96 Å².